The Morgan fingerprint density at radius 1 is 0.702 bits per heavy atom. The normalized spacial score (nSPS) is 13.0. The highest BCUT2D eigenvalue weighted by Gasteiger charge is 2.22. The number of esters is 1. The summed E-state index contributed by atoms with van der Waals surface area (Å²) in [6, 6.07) is 17.3. The Morgan fingerprint density at radius 2 is 1.21 bits per heavy atom. The zero-order valence-electron chi connectivity index (χ0n) is 29.1. The van der Waals surface area contributed by atoms with Crippen molar-refractivity contribution in [3.05, 3.63) is 54.6 Å². The summed E-state index contributed by atoms with van der Waals surface area (Å²) in [5, 5.41) is 9.87. The van der Waals surface area contributed by atoms with Gasteiger partial charge in [-0.1, -0.05) is 42.5 Å². The van der Waals surface area contributed by atoms with Crippen molar-refractivity contribution < 1.29 is 33.4 Å². The number of amides is 3. The Bertz CT molecular complexity index is 1500. The molecule has 0 aliphatic carbocycles. The molecule has 0 aliphatic rings. The molecule has 3 aromatic rings. The van der Waals surface area contributed by atoms with Crippen molar-refractivity contribution in [1.82, 2.24) is 15.5 Å². The van der Waals surface area contributed by atoms with Crippen LogP contribution in [0.2, 0.25) is 0 Å². The lowest BCUT2D eigenvalue weighted by atomic mass is 10.0. The van der Waals surface area contributed by atoms with Gasteiger partial charge in [-0.25, -0.2) is 9.59 Å². The van der Waals surface area contributed by atoms with Crippen molar-refractivity contribution >= 4 is 45.6 Å². The van der Waals surface area contributed by atoms with Crippen LogP contribution in [0.25, 0.3) is 21.5 Å². The zero-order chi connectivity index (χ0) is 34.8. The molecule has 3 aromatic carbocycles. The highest BCUT2D eigenvalue weighted by molar-refractivity contribution is 6.08. The summed E-state index contributed by atoms with van der Waals surface area (Å²) in [6.07, 6.45) is 0.517. The minimum atomic E-state index is -0.618. The van der Waals surface area contributed by atoms with Crippen LogP contribution in [0.15, 0.2) is 54.6 Å². The van der Waals surface area contributed by atoms with E-state index in [4.69, 9.17) is 14.2 Å². The van der Waals surface area contributed by atoms with Crippen LogP contribution in [-0.2, 0) is 19.1 Å². The summed E-state index contributed by atoms with van der Waals surface area (Å²) in [5.74, 6) is -0.0667. The number of alkyl carbamates (subject to hydrolysis) is 2. The lowest BCUT2D eigenvalue weighted by Crippen LogP contribution is -2.42. The number of carbonyl (C=O) groups excluding carboxylic acids is 4. The number of nitrogens with zero attached hydrogens (tertiary/aromatic N) is 1. The van der Waals surface area contributed by atoms with E-state index in [0.29, 0.717) is 38.1 Å². The summed E-state index contributed by atoms with van der Waals surface area (Å²) in [7, 11) is 0. The molecule has 0 saturated heterocycles. The van der Waals surface area contributed by atoms with Gasteiger partial charge in [-0.2, -0.15) is 0 Å². The van der Waals surface area contributed by atoms with E-state index in [2.05, 4.69) is 16.7 Å². The van der Waals surface area contributed by atoms with Gasteiger partial charge in [0.1, 0.15) is 17.0 Å². The van der Waals surface area contributed by atoms with E-state index in [0.717, 1.165) is 21.5 Å². The molecule has 0 saturated carbocycles. The van der Waals surface area contributed by atoms with Crippen LogP contribution in [0.4, 0.5) is 9.59 Å². The van der Waals surface area contributed by atoms with Crippen LogP contribution in [0, 0.1) is 0 Å². The molecule has 0 fully saturated rings. The summed E-state index contributed by atoms with van der Waals surface area (Å²) < 4.78 is 16.3. The van der Waals surface area contributed by atoms with E-state index in [1.165, 1.54) is 0 Å². The van der Waals surface area contributed by atoms with Crippen molar-refractivity contribution in [2.45, 2.75) is 111 Å². The largest absolute Gasteiger partial charge is 0.444 e. The quantitative estimate of drug-likeness (QED) is 0.112. The van der Waals surface area contributed by atoms with Crippen molar-refractivity contribution in [2.75, 3.05) is 13.1 Å². The standard InChI is InChI=1S/C37H51N3O7/c1-25(38-34(43)46-36(3,4)5)20-22-40(23-21-26(2)39-35(44)47-37(6,7)8)32(41)14-11-15-33(42)45-29-19-18-28-17-16-27-12-9-10-13-30(27)31(28)24-29/h9-10,12-13,16-19,24-26H,11,14-15,20-23H2,1-8H3,(H,38,43)(H,39,44). The van der Waals surface area contributed by atoms with Crippen LogP contribution in [-0.4, -0.2) is 65.3 Å². The lowest BCUT2D eigenvalue weighted by molar-refractivity contribution is -0.135. The first-order valence-corrected chi connectivity index (χ1v) is 16.4. The molecule has 0 radical (unpaired) electrons. The van der Waals surface area contributed by atoms with E-state index in [1.807, 2.05) is 56.3 Å². The minimum absolute atomic E-state index is 0.0837. The number of carbonyl (C=O) groups is 4. The number of ether oxygens (including phenoxy) is 3. The topological polar surface area (TPSA) is 123 Å². The van der Waals surface area contributed by atoms with Gasteiger partial charge < -0.3 is 29.7 Å². The third-order valence-electron chi connectivity index (χ3n) is 7.26. The maximum Gasteiger partial charge on any atom is 0.407 e. The number of benzene rings is 3. The molecule has 0 heterocycles. The van der Waals surface area contributed by atoms with Gasteiger partial charge >= 0.3 is 18.2 Å². The third kappa shape index (κ3) is 13.1. The molecule has 2 N–H and O–H groups in total. The highest BCUT2D eigenvalue weighted by atomic mass is 16.6. The predicted octanol–water partition coefficient (Wildman–Crippen LogP) is 7.50. The number of rotatable bonds is 13. The number of hydrogen-bond donors (Lipinski definition) is 2. The maximum absolute atomic E-state index is 13.3. The minimum Gasteiger partial charge on any atom is -0.444 e. The highest BCUT2D eigenvalue weighted by Crippen LogP contribution is 2.29. The number of nitrogens with one attached hydrogen (secondary N) is 2. The molecule has 256 valence electrons. The van der Waals surface area contributed by atoms with Gasteiger partial charge in [0, 0.05) is 38.0 Å². The Kier molecular flexibility index (Phi) is 13.0. The third-order valence-corrected chi connectivity index (χ3v) is 7.26. The Hall–Kier alpha value is -4.34. The molecule has 0 bridgehead atoms. The molecule has 10 nitrogen and oxygen atoms in total. The Balaban J connectivity index is 1.56. The first kappa shape index (κ1) is 37.1. The van der Waals surface area contributed by atoms with Gasteiger partial charge in [-0.15, -0.1) is 0 Å². The van der Waals surface area contributed by atoms with Crippen LogP contribution in [0.3, 0.4) is 0 Å². The summed E-state index contributed by atoms with van der Waals surface area (Å²) in [4.78, 5) is 52.2. The summed E-state index contributed by atoms with van der Waals surface area (Å²) in [5.41, 5.74) is -1.24. The van der Waals surface area contributed by atoms with Gasteiger partial charge in [-0.05, 0) is 108 Å². The molecule has 10 heteroatoms. The molecule has 0 aromatic heterocycles. The maximum atomic E-state index is 13.3. The number of hydrogen-bond acceptors (Lipinski definition) is 7. The van der Waals surface area contributed by atoms with Crippen molar-refractivity contribution in [1.29, 1.82) is 0 Å². The smallest absolute Gasteiger partial charge is 0.407 e. The Labute approximate surface area is 278 Å². The van der Waals surface area contributed by atoms with Gasteiger partial charge in [0.05, 0.1) is 0 Å². The molecular formula is C37H51N3O7. The lowest BCUT2D eigenvalue weighted by Gasteiger charge is -2.27. The second-order valence-electron chi connectivity index (χ2n) is 14.0. The average Bonchev–Trinajstić information content (AvgIpc) is 2.94. The Morgan fingerprint density at radius 3 is 1.77 bits per heavy atom. The van der Waals surface area contributed by atoms with E-state index >= 15 is 0 Å². The van der Waals surface area contributed by atoms with Crippen LogP contribution >= 0.6 is 0 Å². The number of fused-ring (bicyclic) bond motifs is 3. The van der Waals surface area contributed by atoms with Gasteiger partial charge in [0.15, 0.2) is 0 Å². The van der Waals surface area contributed by atoms with Crippen molar-refractivity contribution in [3.8, 4) is 5.75 Å². The monoisotopic (exact) mass is 649 g/mol. The van der Waals surface area contributed by atoms with Crippen LogP contribution in [0.1, 0.15) is 87.5 Å². The summed E-state index contributed by atoms with van der Waals surface area (Å²) in [6.45, 7) is 15.2. The fraction of sp³-hybridized carbons (Fsp3) is 0.514. The van der Waals surface area contributed by atoms with Gasteiger partial charge in [-0.3, -0.25) is 9.59 Å². The predicted molar refractivity (Wildman–Crippen MR) is 184 cm³/mol. The molecule has 47 heavy (non-hydrogen) atoms. The summed E-state index contributed by atoms with van der Waals surface area (Å²) >= 11 is 0. The van der Waals surface area contributed by atoms with Crippen LogP contribution in [0.5, 0.6) is 5.75 Å². The molecule has 0 aliphatic heterocycles. The van der Waals surface area contributed by atoms with Gasteiger partial charge in [0.2, 0.25) is 5.91 Å². The second kappa shape index (κ2) is 16.5. The van der Waals surface area contributed by atoms with Crippen molar-refractivity contribution in [3.63, 3.8) is 0 Å². The van der Waals surface area contributed by atoms with Crippen molar-refractivity contribution in [2.24, 2.45) is 0 Å². The fourth-order valence-corrected chi connectivity index (χ4v) is 4.99. The van der Waals surface area contributed by atoms with Gasteiger partial charge in [0.25, 0.3) is 0 Å². The van der Waals surface area contributed by atoms with E-state index in [-0.39, 0.29) is 30.8 Å². The van der Waals surface area contributed by atoms with E-state index in [9.17, 15) is 19.2 Å². The molecule has 3 rings (SSSR count). The molecule has 2 unspecified atom stereocenters. The van der Waals surface area contributed by atoms with Crippen LogP contribution < -0.4 is 15.4 Å². The first-order valence-electron chi connectivity index (χ1n) is 16.4. The van der Waals surface area contributed by atoms with E-state index < -0.39 is 29.4 Å². The van der Waals surface area contributed by atoms with E-state index in [1.54, 1.807) is 52.5 Å². The molecule has 2 atom stereocenters. The zero-order valence-corrected chi connectivity index (χ0v) is 29.1. The first-order chi connectivity index (χ1) is 22.0. The average molecular weight is 650 g/mol. The SMILES string of the molecule is CC(CCN(CCC(C)NC(=O)OC(C)(C)C)C(=O)CCCC(=O)Oc1ccc2ccc3ccccc3c2c1)NC(=O)OC(C)(C)C. The fourth-order valence-electron chi connectivity index (χ4n) is 4.99. The molecule has 3 amide bonds. The molecule has 0 spiro atoms. The second-order valence-corrected chi connectivity index (χ2v) is 14.0. The molecular weight excluding hydrogens is 598 g/mol.